The Bertz CT molecular complexity index is 1340. The third-order valence-corrected chi connectivity index (χ3v) is 8.60. The average molecular weight is 450 g/mol. The number of sulfonamides is 1. The lowest BCUT2D eigenvalue weighted by Gasteiger charge is -2.36. The van der Waals surface area contributed by atoms with Gasteiger partial charge in [-0.15, -0.1) is 0 Å². The fraction of sp³-hybridized carbons (Fsp3) is 0.320. The Balaban J connectivity index is 1.23. The molecule has 0 saturated carbocycles. The maximum Gasteiger partial charge on any atom is 0.243 e. The van der Waals surface area contributed by atoms with Crippen molar-refractivity contribution in [1.82, 2.24) is 14.2 Å². The highest BCUT2D eigenvalue weighted by Gasteiger charge is 2.31. The van der Waals surface area contributed by atoms with Gasteiger partial charge < -0.3 is 9.32 Å². The molecule has 0 aliphatic carbocycles. The Morgan fingerprint density at radius 2 is 1.88 bits per heavy atom. The molecule has 0 amide bonds. The summed E-state index contributed by atoms with van der Waals surface area (Å²) in [5.74, 6) is 0. The molecule has 0 atom stereocenters. The first kappa shape index (κ1) is 21.1. The largest absolute Gasteiger partial charge is 0.464 e. The lowest BCUT2D eigenvalue weighted by Crippen LogP contribution is -2.45. The number of nitrogens with zero attached hydrogens (tertiary/aromatic N) is 3. The lowest BCUT2D eigenvalue weighted by atomic mass is 10.0. The van der Waals surface area contributed by atoms with E-state index in [1.807, 2.05) is 30.5 Å². The molecular weight excluding hydrogens is 422 g/mol. The first-order valence-corrected chi connectivity index (χ1v) is 12.5. The van der Waals surface area contributed by atoms with Crippen LogP contribution < -0.4 is 0 Å². The number of hydrogen-bond donors (Lipinski definition) is 0. The monoisotopic (exact) mass is 449 g/mol. The second-order valence-corrected chi connectivity index (χ2v) is 10.4. The molecule has 0 radical (unpaired) electrons. The average Bonchev–Trinajstić information content (AvgIpc) is 3.25. The van der Waals surface area contributed by atoms with E-state index >= 15 is 0 Å². The minimum atomic E-state index is -3.58. The molecule has 7 heteroatoms. The molecule has 32 heavy (non-hydrogen) atoms. The smallest absolute Gasteiger partial charge is 0.243 e. The summed E-state index contributed by atoms with van der Waals surface area (Å²) < 4.78 is 34.1. The molecule has 2 aromatic heterocycles. The molecule has 1 aliphatic rings. The third kappa shape index (κ3) is 3.92. The topological polar surface area (TPSA) is 66.7 Å². The number of piperidine rings is 1. The summed E-state index contributed by atoms with van der Waals surface area (Å²) >= 11 is 0. The maximum atomic E-state index is 13.4. The summed E-state index contributed by atoms with van der Waals surface area (Å²) in [5.41, 5.74) is 2.16. The highest BCUT2D eigenvalue weighted by Crippen LogP contribution is 2.28. The molecule has 3 heterocycles. The molecule has 0 N–H and O–H groups in total. The SMILES string of the molecule is CN(C1CCN(CCc2coc3ccccc23)CC1)S(=O)(=O)c1cccc2cnccc12. The minimum absolute atomic E-state index is 0.00287. The summed E-state index contributed by atoms with van der Waals surface area (Å²) in [4.78, 5) is 6.89. The van der Waals surface area contributed by atoms with E-state index in [0.29, 0.717) is 4.90 Å². The van der Waals surface area contributed by atoms with E-state index in [1.54, 1.807) is 41.9 Å². The van der Waals surface area contributed by atoms with Crippen LogP contribution in [0.15, 0.2) is 76.5 Å². The Morgan fingerprint density at radius 3 is 2.72 bits per heavy atom. The van der Waals surface area contributed by atoms with Crippen LogP contribution in [-0.4, -0.2) is 55.3 Å². The molecule has 6 nitrogen and oxygen atoms in total. The van der Waals surface area contributed by atoms with Gasteiger partial charge in [-0.05, 0) is 56.1 Å². The number of hydrogen-bond acceptors (Lipinski definition) is 5. The fourth-order valence-corrected chi connectivity index (χ4v) is 6.31. The van der Waals surface area contributed by atoms with E-state index in [9.17, 15) is 8.42 Å². The van der Waals surface area contributed by atoms with Crippen LogP contribution in [0.4, 0.5) is 0 Å². The van der Waals surface area contributed by atoms with Crippen LogP contribution in [0.5, 0.6) is 0 Å². The summed E-state index contributed by atoms with van der Waals surface area (Å²) in [6.07, 6.45) is 7.79. The molecule has 1 fully saturated rings. The van der Waals surface area contributed by atoms with E-state index in [4.69, 9.17) is 4.42 Å². The molecule has 0 bridgehead atoms. The van der Waals surface area contributed by atoms with Crippen LogP contribution in [0.2, 0.25) is 0 Å². The number of fused-ring (bicyclic) bond motifs is 2. The van der Waals surface area contributed by atoms with Crippen LogP contribution in [0.1, 0.15) is 18.4 Å². The van der Waals surface area contributed by atoms with E-state index in [2.05, 4.69) is 16.0 Å². The van der Waals surface area contributed by atoms with Crippen molar-refractivity contribution >= 4 is 31.8 Å². The highest BCUT2D eigenvalue weighted by molar-refractivity contribution is 7.89. The predicted octanol–water partition coefficient (Wildman–Crippen LogP) is 4.31. The highest BCUT2D eigenvalue weighted by atomic mass is 32.2. The molecule has 1 aliphatic heterocycles. The second-order valence-electron chi connectivity index (χ2n) is 8.45. The Labute approximate surface area is 188 Å². The first-order chi connectivity index (χ1) is 15.5. The van der Waals surface area contributed by atoms with Crippen LogP contribution in [0.3, 0.4) is 0 Å². The number of rotatable bonds is 6. The summed E-state index contributed by atoms with van der Waals surface area (Å²) in [6, 6.07) is 15.3. The molecule has 0 unspecified atom stereocenters. The molecule has 0 spiro atoms. The van der Waals surface area contributed by atoms with Crippen molar-refractivity contribution in [1.29, 1.82) is 0 Å². The van der Waals surface area contributed by atoms with Gasteiger partial charge in [0.1, 0.15) is 5.58 Å². The fourth-order valence-electron chi connectivity index (χ4n) is 4.68. The van der Waals surface area contributed by atoms with E-state index < -0.39 is 10.0 Å². The van der Waals surface area contributed by atoms with Gasteiger partial charge in [0.2, 0.25) is 10.0 Å². The second kappa shape index (κ2) is 8.65. The van der Waals surface area contributed by atoms with Crippen molar-refractivity contribution < 1.29 is 12.8 Å². The van der Waals surface area contributed by atoms with Gasteiger partial charge in [-0.2, -0.15) is 4.31 Å². The van der Waals surface area contributed by atoms with Gasteiger partial charge in [0.25, 0.3) is 0 Å². The van der Waals surface area contributed by atoms with Crippen LogP contribution in [0.25, 0.3) is 21.7 Å². The number of pyridine rings is 1. The van der Waals surface area contributed by atoms with Gasteiger partial charge >= 0.3 is 0 Å². The third-order valence-electron chi connectivity index (χ3n) is 6.63. The predicted molar refractivity (Wildman–Crippen MR) is 126 cm³/mol. The molecule has 5 rings (SSSR count). The Kier molecular flexibility index (Phi) is 5.71. The van der Waals surface area contributed by atoms with Crippen molar-refractivity contribution in [2.75, 3.05) is 26.7 Å². The maximum absolute atomic E-state index is 13.4. The Morgan fingerprint density at radius 1 is 1.06 bits per heavy atom. The molecule has 1 saturated heterocycles. The normalized spacial score (nSPS) is 16.3. The quantitative estimate of drug-likeness (QED) is 0.439. The summed E-state index contributed by atoms with van der Waals surface area (Å²) in [7, 11) is -1.86. The van der Waals surface area contributed by atoms with Gasteiger partial charge in [0.05, 0.1) is 11.2 Å². The zero-order valence-electron chi connectivity index (χ0n) is 18.1. The zero-order chi connectivity index (χ0) is 22.1. The standard InChI is InChI=1S/C25H27N3O3S/c1-27(32(29,30)25-8-4-5-19-17-26-13-9-23(19)25)21-11-15-28(16-12-21)14-10-20-18-31-24-7-3-2-6-22(20)24/h2-9,13,17-18,21H,10-12,14-16H2,1H3. The molecule has 166 valence electrons. The van der Waals surface area contributed by atoms with Crippen molar-refractivity contribution in [2.24, 2.45) is 0 Å². The Hall–Kier alpha value is -2.74. The van der Waals surface area contributed by atoms with E-state index in [0.717, 1.165) is 55.3 Å². The first-order valence-electron chi connectivity index (χ1n) is 11.0. The van der Waals surface area contributed by atoms with Gasteiger partial charge in [0, 0.05) is 48.2 Å². The number of furan rings is 1. The van der Waals surface area contributed by atoms with Gasteiger partial charge in [-0.25, -0.2) is 8.42 Å². The number of likely N-dealkylation sites (tertiary alicyclic amines) is 1. The van der Waals surface area contributed by atoms with Crippen LogP contribution in [0, 0.1) is 0 Å². The van der Waals surface area contributed by atoms with Crippen molar-refractivity contribution in [3.63, 3.8) is 0 Å². The van der Waals surface area contributed by atoms with Crippen molar-refractivity contribution in [3.8, 4) is 0 Å². The van der Waals surface area contributed by atoms with Crippen LogP contribution >= 0.6 is 0 Å². The number of para-hydroxylation sites is 1. The van der Waals surface area contributed by atoms with Gasteiger partial charge in [0.15, 0.2) is 0 Å². The van der Waals surface area contributed by atoms with Crippen LogP contribution in [-0.2, 0) is 16.4 Å². The van der Waals surface area contributed by atoms with Gasteiger partial charge in [-0.1, -0.05) is 30.3 Å². The van der Waals surface area contributed by atoms with Crippen molar-refractivity contribution in [2.45, 2.75) is 30.2 Å². The minimum Gasteiger partial charge on any atom is -0.464 e. The van der Waals surface area contributed by atoms with Crippen molar-refractivity contribution in [3.05, 3.63) is 72.8 Å². The van der Waals surface area contributed by atoms with Gasteiger partial charge in [-0.3, -0.25) is 4.98 Å². The van der Waals surface area contributed by atoms with E-state index in [-0.39, 0.29) is 6.04 Å². The molecular formula is C25H27N3O3S. The molecule has 2 aromatic carbocycles. The zero-order valence-corrected chi connectivity index (χ0v) is 19.0. The van der Waals surface area contributed by atoms with E-state index in [1.165, 1.54) is 10.9 Å². The summed E-state index contributed by atoms with van der Waals surface area (Å²) in [5, 5.41) is 2.74. The summed E-state index contributed by atoms with van der Waals surface area (Å²) in [6.45, 7) is 2.72. The lowest BCUT2D eigenvalue weighted by molar-refractivity contribution is 0.171. The number of benzene rings is 2. The molecule has 4 aromatic rings. The number of aromatic nitrogens is 1.